The van der Waals surface area contributed by atoms with E-state index >= 15 is 0 Å². The molecule has 0 atom stereocenters. The van der Waals surface area contributed by atoms with Gasteiger partial charge in [0.15, 0.2) is 0 Å². The van der Waals surface area contributed by atoms with Crippen molar-refractivity contribution in [1.82, 2.24) is 0 Å². The van der Waals surface area contributed by atoms with Crippen LogP contribution in [0.15, 0.2) is 205 Å². The first-order chi connectivity index (χ1) is 25.8. The summed E-state index contributed by atoms with van der Waals surface area (Å²) in [6, 6.07) is 71.6. The summed E-state index contributed by atoms with van der Waals surface area (Å²) in [5.41, 5.74) is 12.1. The summed E-state index contributed by atoms with van der Waals surface area (Å²) in [6.45, 7) is 0. The number of fused-ring (bicyclic) bond motifs is 5. The molecule has 0 aliphatic rings. The molecule has 1 heterocycles. The fourth-order valence-electron chi connectivity index (χ4n) is 7.64. The van der Waals surface area contributed by atoms with Gasteiger partial charge in [-0.05, 0) is 104 Å². The van der Waals surface area contributed by atoms with E-state index in [4.69, 9.17) is 4.42 Å². The predicted octanol–water partition coefficient (Wildman–Crippen LogP) is 14.4. The summed E-state index contributed by atoms with van der Waals surface area (Å²) in [5.74, 6) is 0. The molecule has 9 aromatic carbocycles. The minimum atomic E-state index is 0.871. The zero-order valence-electron chi connectivity index (χ0n) is 28.4. The fourth-order valence-corrected chi connectivity index (χ4v) is 7.64. The molecule has 10 aromatic rings. The second-order valence-corrected chi connectivity index (χ2v) is 13.4. The van der Waals surface area contributed by atoms with Gasteiger partial charge >= 0.3 is 0 Å². The van der Waals surface area contributed by atoms with Crippen LogP contribution in [0.1, 0.15) is 0 Å². The number of benzene rings is 9. The molecule has 0 spiro atoms. The van der Waals surface area contributed by atoms with E-state index in [-0.39, 0.29) is 0 Å². The van der Waals surface area contributed by atoms with E-state index in [1.165, 1.54) is 43.8 Å². The molecule has 0 radical (unpaired) electrons. The number of para-hydroxylation sites is 1. The molecule has 0 saturated heterocycles. The van der Waals surface area contributed by atoms with Crippen LogP contribution >= 0.6 is 0 Å². The summed E-state index contributed by atoms with van der Waals surface area (Å²) >= 11 is 0. The minimum Gasteiger partial charge on any atom is -0.455 e. The van der Waals surface area contributed by atoms with Gasteiger partial charge in [0.2, 0.25) is 0 Å². The summed E-state index contributed by atoms with van der Waals surface area (Å²) in [7, 11) is 0. The Morgan fingerprint density at radius 3 is 1.65 bits per heavy atom. The number of hydrogen-bond acceptors (Lipinski definition) is 2. The second kappa shape index (κ2) is 12.5. The summed E-state index contributed by atoms with van der Waals surface area (Å²) < 4.78 is 6.80. The van der Waals surface area contributed by atoms with Crippen LogP contribution in [-0.4, -0.2) is 0 Å². The lowest BCUT2D eigenvalue weighted by atomic mass is 9.93. The monoisotopic (exact) mass is 663 g/mol. The van der Waals surface area contributed by atoms with Gasteiger partial charge in [-0.2, -0.15) is 0 Å². The van der Waals surface area contributed by atoms with Gasteiger partial charge in [0, 0.05) is 33.4 Å². The highest BCUT2D eigenvalue weighted by Gasteiger charge is 2.19. The maximum Gasteiger partial charge on any atom is 0.143 e. The largest absolute Gasteiger partial charge is 0.455 e. The zero-order chi connectivity index (χ0) is 34.4. The van der Waals surface area contributed by atoms with Crippen LogP contribution in [0.3, 0.4) is 0 Å². The Kier molecular flexibility index (Phi) is 7.18. The maximum atomic E-state index is 6.80. The highest BCUT2D eigenvalue weighted by atomic mass is 16.3. The van der Waals surface area contributed by atoms with Crippen LogP contribution in [0, 0.1) is 0 Å². The molecule has 2 nitrogen and oxygen atoms in total. The fraction of sp³-hybridized carbons (Fsp3) is 0. The standard InChI is InChI=1S/C50H33NO/c1-3-11-34(12-4-1)36-25-27-43(28-26-36)51(42-16-5-2-6-17-42)44-29-30-48-46(33-44)47-32-41-15-9-10-18-45(41)49(50(47)52-48)38-22-19-37(20-23-38)40-24-21-35-13-7-8-14-39(35)31-40/h1-33H. The minimum absolute atomic E-state index is 0.871. The molecule has 244 valence electrons. The quantitative estimate of drug-likeness (QED) is 0.176. The molecular weight excluding hydrogens is 631 g/mol. The molecule has 10 rings (SSSR count). The van der Waals surface area contributed by atoms with Crippen molar-refractivity contribution in [2.45, 2.75) is 0 Å². The van der Waals surface area contributed by atoms with Crippen molar-refractivity contribution in [1.29, 1.82) is 0 Å². The van der Waals surface area contributed by atoms with Gasteiger partial charge in [0.05, 0.1) is 0 Å². The van der Waals surface area contributed by atoms with E-state index in [0.29, 0.717) is 0 Å². The lowest BCUT2D eigenvalue weighted by Crippen LogP contribution is -2.09. The highest BCUT2D eigenvalue weighted by molar-refractivity contribution is 6.19. The average molecular weight is 664 g/mol. The van der Waals surface area contributed by atoms with Crippen LogP contribution in [0.4, 0.5) is 17.1 Å². The average Bonchev–Trinajstić information content (AvgIpc) is 3.58. The van der Waals surface area contributed by atoms with Gasteiger partial charge in [-0.3, -0.25) is 0 Å². The van der Waals surface area contributed by atoms with E-state index in [1.807, 2.05) is 0 Å². The van der Waals surface area contributed by atoms with Crippen molar-refractivity contribution < 1.29 is 4.42 Å². The van der Waals surface area contributed by atoms with Crippen LogP contribution < -0.4 is 4.90 Å². The van der Waals surface area contributed by atoms with Crippen LogP contribution in [-0.2, 0) is 0 Å². The maximum absolute atomic E-state index is 6.80. The van der Waals surface area contributed by atoms with E-state index in [1.54, 1.807) is 0 Å². The molecule has 0 saturated carbocycles. The van der Waals surface area contributed by atoms with E-state index < -0.39 is 0 Å². The van der Waals surface area contributed by atoms with Crippen LogP contribution in [0.5, 0.6) is 0 Å². The normalized spacial score (nSPS) is 11.5. The van der Waals surface area contributed by atoms with Crippen LogP contribution in [0.25, 0.3) is 76.9 Å². The van der Waals surface area contributed by atoms with Crippen LogP contribution in [0.2, 0.25) is 0 Å². The molecule has 0 aliphatic heterocycles. The predicted molar refractivity (Wildman–Crippen MR) is 220 cm³/mol. The topological polar surface area (TPSA) is 16.4 Å². The Balaban J connectivity index is 1.10. The third-order valence-electron chi connectivity index (χ3n) is 10.2. The van der Waals surface area contributed by atoms with Gasteiger partial charge in [0.1, 0.15) is 11.2 Å². The molecule has 2 heteroatoms. The molecular formula is C50H33NO. The number of nitrogens with zero attached hydrogens (tertiary/aromatic N) is 1. The zero-order valence-corrected chi connectivity index (χ0v) is 28.4. The molecule has 0 bridgehead atoms. The van der Waals surface area contributed by atoms with E-state index in [9.17, 15) is 0 Å². The van der Waals surface area contributed by atoms with Gasteiger partial charge in [0.25, 0.3) is 0 Å². The van der Waals surface area contributed by atoms with Crippen molar-refractivity contribution in [2.75, 3.05) is 4.90 Å². The SMILES string of the molecule is c1ccc(-c2ccc(N(c3ccccc3)c3ccc4oc5c(-c6ccc(-c7ccc8ccccc8c7)cc6)c6ccccc6cc5c4c3)cc2)cc1. The molecule has 0 unspecified atom stereocenters. The Morgan fingerprint density at radius 2 is 0.865 bits per heavy atom. The Labute approximate surface area is 302 Å². The third-order valence-corrected chi connectivity index (χ3v) is 10.2. The number of rotatable bonds is 6. The van der Waals surface area contributed by atoms with Crippen molar-refractivity contribution in [3.63, 3.8) is 0 Å². The first-order valence-corrected chi connectivity index (χ1v) is 17.8. The molecule has 0 aliphatic carbocycles. The number of furan rings is 1. The summed E-state index contributed by atoms with van der Waals surface area (Å²) in [5, 5.41) is 7.06. The molecule has 0 N–H and O–H groups in total. The van der Waals surface area contributed by atoms with Crippen molar-refractivity contribution in [3.8, 4) is 33.4 Å². The summed E-state index contributed by atoms with van der Waals surface area (Å²) in [6.07, 6.45) is 0. The number of hydrogen-bond donors (Lipinski definition) is 0. The third kappa shape index (κ3) is 5.21. The van der Waals surface area contributed by atoms with Gasteiger partial charge in [-0.15, -0.1) is 0 Å². The molecule has 1 aromatic heterocycles. The van der Waals surface area contributed by atoms with Gasteiger partial charge in [-0.25, -0.2) is 0 Å². The first kappa shape index (κ1) is 30.0. The number of anilines is 3. The first-order valence-electron chi connectivity index (χ1n) is 17.8. The van der Waals surface area contributed by atoms with E-state index in [0.717, 1.165) is 50.1 Å². The van der Waals surface area contributed by atoms with Crippen molar-refractivity contribution in [2.24, 2.45) is 0 Å². The Bertz CT molecular complexity index is 2870. The van der Waals surface area contributed by atoms with E-state index in [2.05, 4.69) is 205 Å². The summed E-state index contributed by atoms with van der Waals surface area (Å²) in [4.78, 5) is 2.32. The van der Waals surface area contributed by atoms with Gasteiger partial charge < -0.3 is 9.32 Å². The Morgan fingerprint density at radius 1 is 0.308 bits per heavy atom. The lowest BCUT2D eigenvalue weighted by molar-refractivity contribution is 0.670. The van der Waals surface area contributed by atoms with Crippen molar-refractivity contribution >= 4 is 60.5 Å². The Hall–Kier alpha value is -6.90. The van der Waals surface area contributed by atoms with Crippen molar-refractivity contribution in [3.05, 3.63) is 200 Å². The van der Waals surface area contributed by atoms with Gasteiger partial charge in [-0.1, -0.05) is 146 Å². The molecule has 0 fully saturated rings. The highest BCUT2D eigenvalue weighted by Crippen LogP contribution is 2.44. The smallest absolute Gasteiger partial charge is 0.143 e. The molecule has 52 heavy (non-hydrogen) atoms. The lowest BCUT2D eigenvalue weighted by Gasteiger charge is -2.25. The second-order valence-electron chi connectivity index (χ2n) is 13.4. The molecule has 0 amide bonds.